The maximum atomic E-state index is 10.8. The number of carboxylic acids is 1. The van der Waals surface area contributed by atoms with Crippen molar-refractivity contribution in [2.75, 3.05) is 0 Å². The number of hydrogen-bond donors (Lipinski definition) is 1. The van der Waals surface area contributed by atoms with Crippen molar-refractivity contribution in [2.24, 2.45) is 0 Å². The number of carbonyl (C=O) groups is 1. The van der Waals surface area contributed by atoms with Gasteiger partial charge in [-0.1, -0.05) is 19.9 Å². The fraction of sp³-hybridized carbons (Fsp3) is 0.700. The highest BCUT2D eigenvalue weighted by molar-refractivity contribution is 6.74. The van der Waals surface area contributed by atoms with E-state index in [-0.39, 0.29) is 5.54 Å². The van der Waals surface area contributed by atoms with E-state index in [0.29, 0.717) is 5.57 Å². The van der Waals surface area contributed by atoms with E-state index in [1.54, 1.807) is 0 Å². The molecule has 0 fully saturated rings. The lowest BCUT2D eigenvalue weighted by molar-refractivity contribution is -0.132. The lowest BCUT2D eigenvalue weighted by Gasteiger charge is -2.22. The first-order valence-electron chi connectivity index (χ1n) is 5.34. The van der Waals surface area contributed by atoms with Crippen LogP contribution in [0.15, 0.2) is 12.2 Å². The van der Waals surface area contributed by atoms with Crippen LogP contribution in [0, 0.1) is 0 Å². The first-order chi connectivity index (χ1) is 6.78. The van der Waals surface area contributed by atoms with Gasteiger partial charge in [0.15, 0.2) is 18.1 Å². The summed E-state index contributed by atoms with van der Waals surface area (Å²) in [6.07, 6.45) is 1.88. The highest BCUT2D eigenvalue weighted by Gasteiger charge is 2.22. The molecular weight excluding hydrogens is 224 g/mol. The van der Waals surface area contributed by atoms with Gasteiger partial charge in [0.05, 0.1) is 0 Å². The molecule has 0 aliphatic rings. The van der Waals surface area contributed by atoms with Crippen molar-refractivity contribution in [3.63, 3.8) is 0 Å². The molecule has 15 heavy (non-hydrogen) atoms. The van der Waals surface area contributed by atoms with Crippen molar-refractivity contribution >= 4 is 24.0 Å². The third kappa shape index (κ3) is 6.64. The Morgan fingerprint density at radius 3 is 2.40 bits per heavy atom. The van der Waals surface area contributed by atoms with Crippen LogP contribution >= 0.6 is 0 Å². The fourth-order valence-corrected chi connectivity index (χ4v) is 4.99. The van der Waals surface area contributed by atoms with E-state index in [1.165, 1.54) is 0 Å². The molecule has 0 rings (SSSR count). The summed E-state index contributed by atoms with van der Waals surface area (Å²) in [6.45, 7) is 12.1. The number of aliphatic carboxylic acids is 1. The van der Waals surface area contributed by atoms with Gasteiger partial charge in [-0.2, -0.15) is 0 Å². The minimum absolute atomic E-state index is 0.0965. The van der Waals surface area contributed by atoms with Crippen LogP contribution in [0.25, 0.3) is 0 Å². The molecule has 1 atom stereocenters. The molecule has 88 valence electrons. The Labute approximate surface area is 95.6 Å². The van der Waals surface area contributed by atoms with Gasteiger partial charge in [0.2, 0.25) is 0 Å². The molecule has 5 heteroatoms. The lowest BCUT2D eigenvalue weighted by atomic mass is 10.1. The third-order valence-corrected chi connectivity index (χ3v) is 7.56. The summed E-state index contributed by atoms with van der Waals surface area (Å²) in [4.78, 5) is 10.8. The summed E-state index contributed by atoms with van der Waals surface area (Å²) in [7, 11) is -2.30. The average Bonchev–Trinajstić information content (AvgIpc) is 2.09. The van der Waals surface area contributed by atoms with Crippen LogP contribution in [0.1, 0.15) is 19.8 Å². The van der Waals surface area contributed by atoms with Crippen LogP contribution in [0.2, 0.25) is 25.2 Å². The quantitative estimate of drug-likeness (QED) is 0.553. The maximum absolute atomic E-state index is 10.8. The monoisotopic (exact) mass is 246 g/mol. The highest BCUT2D eigenvalue weighted by Crippen LogP contribution is 2.22. The van der Waals surface area contributed by atoms with E-state index >= 15 is 0 Å². The van der Waals surface area contributed by atoms with Crippen LogP contribution < -0.4 is 0 Å². The molecule has 0 amide bonds. The summed E-state index contributed by atoms with van der Waals surface area (Å²) >= 11 is 0. The Bertz CT molecular complexity index is 233. The van der Waals surface area contributed by atoms with Crippen LogP contribution in [0.5, 0.6) is 0 Å². The maximum Gasteiger partial charge on any atom is 0.331 e. The Morgan fingerprint density at radius 1 is 1.53 bits per heavy atom. The van der Waals surface area contributed by atoms with E-state index in [9.17, 15) is 4.79 Å². The van der Waals surface area contributed by atoms with E-state index in [0.717, 1.165) is 12.8 Å². The fourth-order valence-electron chi connectivity index (χ4n) is 1.23. The van der Waals surface area contributed by atoms with Crippen molar-refractivity contribution in [3.05, 3.63) is 12.2 Å². The molecule has 1 N–H and O–H groups in total. The van der Waals surface area contributed by atoms with Crippen molar-refractivity contribution < 1.29 is 14.0 Å². The van der Waals surface area contributed by atoms with Crippen LogP contribution in [-0.2, 0) is 8.91 Å². The Balaban J connectivity index is 4.28. The van der Waals surface area contributed by atoms with Gasteiger partial charge in [0.1, 0.15) is 0 Å². The molecule has 0 heterocycles. The molecule has 0 aliphatic heterocycles. The van der Waals surface area contributed by atoms with E-state index in [1.807, 2.05) is 0 Å². The molecule has 0 bridgehead atoms. The number of hydrogen-bond acceptors (Lipinski definition) is 2. The van der Waals surface area contributed by atoms with Gasteiger partial charge in [-0.05, 0) is 26.1 Å². The molecule has 0 aromatic rings. The van der Waals surface area contributed by atoms with Crippen LogP contribution in [0.3, 0.4) is 0 Å². The summed E-state index contributed by atoms with van der Waals surface area (Å²) < 4.78 is 5.87. The zero-order chi connectivity index (χ0) is 12.1. The molecule has 0 aromatic heterocycles. The van der Waals surface area contributed by atoms with Gasteiger partial charge in [0, 0.05) is 11.1 Å². The molecule has 1 unspecified atom stereocenters. The highest BCUT2D eigenvalue weighted by atomic mass is 28.4. The standard InChI is InChI=1S/C10H22O3Si2/c1-6-7-9(8(2)10(11)12)14-13-15(3,4)5/h9H,2,6-7,14H2,1,3-5H3,(H,11,12). The minimum atomic E-state index is -1.50. The molecule has 0 saturated heterocycles. The second-order valence-electron chi connectivity index (χ2n) is 4.74. The smallest absolute Gasteiger partial charge is 0.331 e. The summed E-state index contributed by atoms with van der Waals surface area (Å²) in [5.74, 6) is -0.875. The number of carboxylic acid groups (broad SMARTS) is 1. The Kier molecular flexibility index (Phi) is 6.08. The van der Waals surface area contributed by atoms with Crippen molar-refractivity contribution in [2.45, 2.75) is 44.9 Å². The largest absolute Gasteiger partial charge is 0.478 e. The van der Waals surface area contributed by atoms with Gasteiger partial charge >= 0.3 is 5.97 Å². The second-order valence-corrected chi connectivity index (χ2v) is 11.4. The van der Waals surface area contributed by atoms with Crippen molar-refractivity contribution in [3.8, 4) is 0 Å². The van der Waals surface area contributed by atoms with Crippen LogP contribution in [0.4, 0.5) is 0 Å². The minimum Gasteiger partial charge on any atom is -0.478 e. The molecule has 0 radical (unpaired) electrons. The van der Waals surface area contributed by atoms with E-state index in [2.05, 4.69) is 33.1 Å². The van der Waals surface area contributed by atoms with Gasteiger partial charge < -0.3 is 9.22 Å². The number of rotatable bonds is 7. The first-order valence-corrected chi connectivity index (χ1v) is 10.1. The van der Waals surface area contributed by atoms with Gasteiger partial charge in [-0.15, -0.1) is 0 Å². The predicted octanol–water partition coefficient (Wildman–Crippen LogP) is 2.15. The average molecular weight is 246 g/mol. The third-order valence-electron chi connectivity index (χ3n) is 2.12. The first kappa shape index (κ1) is 14.6. The molecule has 3 nitrogen and oxygen atoms in total. The topological polar surface area (TPSA) is 46.5 Å². The summed E-state index contributed by atoms with van der Waals surface area (Å²) in [6, 6.07) is 0. The van der Waals surface area contributed by atoms with Gasteiger partial charge in [-0.25, -0.2) is 4.79 Å². The zero-order valence-electron chi connectivity index (χ0n) is 10.2. The summed E-state index contributed by atoms with van der Waals surface area (Å²) in [5, 5.41) is 8.89. The molecule has 0 spiro atoms. The molecular formula is C10H22O3Si2. The Hall–Kier alpha value is -0.396. The molecule has 0 saturated carbocycles. The lowest BCUT2D eigenvalue weighted by Crippen LogP contribution is -2.30. The SMILES string of the molecule is C=C(C(=O)O)C(CCC)[SiH2]O[Si](C)(C)C. The predicted molar refractivity (Wildman–Crippen MR) is 68.4 cm³/mol. The van der Waals surface area contributed by atoms with E-state index < -0.39 is 24.0 Å². The van der Waals surface area contributed by atoms with Gasteiger partial charge in [0.25, 0.3) is 0 Å². The van der Waals surface area contributed by atoms with Crippen molar-refractivity contribution in [1.29, 1.82) is 0 Å². The van der Waals surface area contributed by atoms with E-state index in [4.69, 9.17) is 9.22 Å². The molecule has 0 aliphatic carbocycles. The second kappa shape index (κ2) is 6.24. The summed E-state index contributed by atoms with van der Waals surface area (Å²) in [5.41, 5.74) is 0.431. The van der Waals surface area contributed by atoms with Crippen LogP contribution in [-0.4, -0.2) is 29.2 Å². The Morgan fingerprint density at radius 2 is 2.07 bits per heavy atom. The van der Waals surface area contributed by atoms with Gasteiger partial charge in [-0.3, -0.25) is 0 Å². The normalized spacial score (nSPS) is 14.4. The van der Waals surface area contributed by atoms with Crippen molar-refractivity contribution in [1.82, 2.24) is 0 Å². The zero-order valence-corrected chi connectivity index (χ0v) is 12.6. The molecule has 0 aromatic carbocycles.